The minimum absolute atomic E-state index is 0.0530. The number of nitrogens with zero attached hydrogens (tertiary/aromatic N) is 1. The van der Waals surface area contributed by atoms with Crippen molar-refractivity contribution in [1.82, 2.24) is 10.2 Å². The van der Waals surface area contributed by atoms with Crippen LogP contribution in [0.2, 0.25) is 0 Å². The molecule has 0 radical (unpaired) electrons. The second-order valence-electron chi connectivity index (χ2n) is 3.71. The summed E-state index contributed by atoms with van der Waals surface area (Å²) in [6.45, 7) is 1.85. The molecular weight excluding hydrogens is 211 g/mol. The molecule has 1 aromatic carbocycles. The number of halogens is 1. The average Bonchev–Trinajstić information content (AvgIpc) is 2.58. The number of rotatable bonds is 2. The highest BCUT2D eigenvalue weighted by molar-refractivity contribution is 6.02. The molecule has 0 saturated carbocycles. The lowest BCUT2D eigenvalue weighted by Crippen LogP contribution is -2.30. The molecule has 1 heterocycles. The van der Waals surface area contributed by atoms with Crippen LogP contribution in [0, 0.1) is 5.82 Å². The summed E-state index contributed by atoms with van der Waals surface area (Å²) >= 11 is 0. The van der Waals surface area contributed by atoms with Crippen molar-refractivity contribution in [2.24, 2.45) is 0 Å². The Morgan fingerprint density at radius 1 is 1.31 bits per heavy atom. The Labute approximate surface area is 92.0 Å². The molecule has 16 heavy (non-hydrogen) atoms. The first-order valence-corrected chi connectivity index (χ1v) is 4.94. The molecule has 4 nitrogen and oxygen atoms in total. The van der Waals surface area contributed by atoms with Crippen molar-refractivity contribution < 1.29 is 14.0 Å². The number of benzene rings is 1. The number of urea groups is 1. The average molecular weight is 222 g/mol. The largest absolute Gasteiger partial charge is 0.325 e. The fraction of sp³-hybridized carbons (Fsp3) is 0.273. The number of carbonyl (C=O) groups is 2. The van der Waals surface area contributed by atoms with E-state index in [4.69, 9.17) is 0 Å². The summed E-state index contributed by atoms with van der Waals surface area (Å²) in [6.07, 6.45) is 0. The molecule has 1 saturated heterocycles. The van der Waals surface area contributed by atoms with E-state index < -0.39 is 6.03 Å². The van der Waals surface area contributed by atoms with Gasteiger partial charge >= 0.3 is 6.03 Å². The Bertz CT molecular complexity index is 430. The molecule has 1 unspecified atom stereocenters. The van der Waals surface area contributed by atoms with Crippen LogP contribution in [0.25, 0.3) is 0 Å². The highest BCUT2D eigenvalue weighted by Crippen LogP contribution is 2.21. The first-order chi connectivity index (χ1) is 7.58. The smallest absolute Gasteiger partial charge is 0.308 e. The summed E-state index contributed by atoms with van der Waals surface area (Å²) in [5.41, 5.74) is 0.797. The van der Waals surface area contributed by atoms with Gasteiger partial charge in [-0.15, -0.1) is 0 Å². The van der Waals surface area contributed by atoms with E-state index in [1.165, 1.54) is 17.0 Å². The summed E-state index contributed by atoms with van der Waals surface area (Å²) in [6, 6.07) is 5.24. The van der Waals surface area contributed by atoms with Crippen molar-refractivity contribution in [2.75, 3.05) is 6.54 Å². The quantitative estimate of drug-likeness (QED) is 0.770. The van der Waals surface area contributed by atoms with Gasteiger partial charge in [-0.1, -0.05) is 12.1 Å². The summed E-state index contributed by atoms with van der Waals surface area (Å²) < 4.78 is 12.7. The molecule has 1 fully saturated rings. The van der Waals surface area contributed by atoms with Crippen LogP contribution in [0.1, 0.15) is 18.5 Å². The zero-order valence-electron chi connectivity index (χ0n) is 8.74. The molecular formula is C11H11FN2O2. The Morgan fingerprint density at radius 3 is 2.44 bits per heavy atom. The summed E-state index contributed by atoms with van der Waals surface area (Å²) in [5.74, 6) is -0.628. The van der Waals surface area contributed by atoms with Gasteiger partial charge in [-0.25, -0.2) is 9.18 Å². The van der Waals surface area contributed by atoms with E-state index in [1.807, 2.05) is 0 Å². The maximum atomic E-state index is 12.7. The molecule has 1 aromatic rings. The molecule has 1 aliphatic heterocycles. The Hall–Kier alpha value is -1.91. The third-order valence-corrected chi connectivity index (χ3v) is 2.64. The van der Waals surface area contributed by atoms with Gasteiger partial charge in [-0.05, 0) is 24.6 Å². The molecule has 0 spiro atoms. The molecule has 1 N–H and O–H groups in total. The third kappa shape index (κ3) is 1.88. The van der Waals surface area contributed by atoms with Gasteiger partial charge in [0.15, 0.2) is 0 Å². The number of carbonyl (C=O) groups excluding carboxylic acids is 2. The molecule has 0 aliphatic carbocycles. The third-order valence-electron chi connectivity index (χ3n) is 2.64. The first-order valence-electron chi connectivity index (χ1n) is 4.94. The van der Waals surface area contributed by atoms with Crippen molar-refractivity contribution in [3.8, 4) is 0 Å². The number of hydrogen-bond acceptors (Lipinski definition) is 2. The molecule has 5 heteroatoms. The van der Waals surface area contributed by atoms with E-state index in [-0.39, 0.29) is 24.3 Å². The van der Waals surface area contributed by atoms with Crippen LogP contribution >= 0.6 is 0 Å². The fourth-order valence-corrected chi connectivity index (χ4v) is 1.69. The van der Waals surface area contributed by atoms with Gasteiger partial charge in [-0.3, -0.25) is 10.1 Å². The molecule has 0 bridgehead atoms. The summed E-state index contributed by atoms with van der Waals surface area (Å²) in [4.78, 5) is 23.8. The number of imide groups is 1. The topological polar surface area (TPSA) is 49.4 Å². The zero-order valence-corrected chi connectivity index (χ0v) is 8.74. The molecule has 1 aliphatic rings. The molecule has 1 atom stereocenters. The molecule has 84 valence electrons. The number of nitrogens with one attached hydrogen (secondary N) is 1. The predicted molar refractivity (Wildman–Crippen MR) is 55.1 cm³/mol. The lowest BCUT2D eigenvalue weighted by Gasteiger charge is -2.22. The predicted octanol–water partition coefficient (Wildman–Crippen LogP) is 1.44. The zero-order chi connectivity index (χ0) is 11.7. The van der Waals surface area contributed by atoms with Crippen LogP contribution in [0.3, 0.4) is 0 Å². The van der Waals surface area contributed by atoms with Crippen LogP contribution in [0.15, 0.2) is 24.3 Å². The normalized spacial score (nSPS) is 17.5. The van der Waals surface area contributed by atoms with Gasteiger partial charge in [0.05, 0.1) is 6.04 Å². The van der Waals surface area contributed by atoms with Crippen LogP contribution < -0.4 is 5.32 Å². The fourth-order valence-electron chi connectivity index (χ4n) is 1.69. The van der Waals surface area contributed by atoms with E-state index in [0.29, 0.717) is 0 Å². The minimum Gasteiger partial charge on any atom is -0.308 e. The maximum Gasteiger partial charge on any atom is 0.325 e. The van der Waals surface area contributed by atoms with E-state index >= 15 is 0 Å². The number of hydrogen-bond donors (Lipinski definition) is 1. The van der Waals surface area contributed by atoms with Crippen LogP contribution in [-0.4, -0.2) is 23.4 Å². The lowest BCUT2D eigenvalue weighted by atomic mass is 10.1. The van der Waals surface area contributed by atoms with Crippen molar-refractivity contribution in [3.05, 3.63) is 35.6 Å². The van der Waals surface area contributed by atoms with E-state index in [9.17, 15) is 14.0 Å². The van der Waals surface area contributed by atoms with Gasteiger partial charge in [0, 0.05) is 0 Å². The van der Waals surface area contributed by atoms with Crippen LogP contribution in [0.5, 0.6) is 0 Å². The monoisotopic (exact) mass is 222 g/mol. The second-order valence-corrected chi connectivity index (χ2v) is 3.71. The van der Waals surface area contributed by atoms with Crippen molar-refractivity contribution in [3.63, 3.8) is 0 Å². The van der Waals surface area contributed by atoms with Gasteiger partial charge in [0.2, 0.25) is 5.91 Å². The lowest BCUT2D eigenvalue weighted by molar-refractivity contribution is -0.118. The van der Waals surface area contributed by atoms with Crippen molar-refractivity contribution in [1.29, 1.82) is 0 Å². The molecule has 2 rings (SSSR count). The maximum absolute atomic E-state index is 12.7. The summed E-state index contributed by atoms with van der Waals surface area (Å²) in [5, 5.41) is 2.20. The van der Waals surface area contributed by atoms with Crippen LogP contribution in [-0.2, 0) is 4.79 Å². The van der Waals surface area contributed by atoms with Crippen molar-refractivity contribution in [2.45, 2.75) is 13.0 Å². The van der Waals surface area contributed by atoms with E-state index in [0.717, 1.165) is 5.56 Å². The van der Waals surface area contributed by atoms with Gasteiger partial charge in [0.1, 0.15) is 12.4 Å². The second kappa shape index (κ2) is 3.92. The SMILES string of the molecule is CC(c1ccc(F)cc1)N1CC(=O)NC1=O. The van der Waals surface area contributed by atoms with Gasteiger partial charge < -0.3 is 4.90 Å². The van der Waals surface area contributed by atoms with Gasteiger partial charge in [0.25, 0.3) is 0 Å². The highest BCUT2D eigenvalue weighted by Gasteiger charge is 2.31. The van der Waals surface area contributed by atoms with E-state index in [1.54, 1.807) is 19.1 Å². The molecule has 0 aromatic heterocycles. The first kappa shape index (κ1) is 10.6. The van der Waals surface area contributed by atoms with E-state index in [2.05, 4.69) is 5.32 Å². The highest BCUT2D eigenvalue weighted by atomic mass is 19.1. The standard InChI is InChI=1S/C11H11FN2O2/c1-7(8-2-4-9(12)5-3-8)14-6-10(15)13-11(14)16/h2-5,7H,6H2,1H3,(H,13,15,16). The number of amides is 3. The Morgan fingerprint density at radius 2 is 1.94 bits per heavy atom. The molecule has 3 amide bonds. The van der Waals surface area contributed by atoms with Gasteiger partial charge in [-0.2, -0.15) is 0 Å². The van der Waals surface area contributed by atoms with Crippen molar-refractivity contribution >= 4 is 11.9 Å². The summed E-state index contributed by atoms with van der Waals surface area (Å²) in [7, 11) is 0. The van der Waals surface area contributed by atoms with Crippen LogP contribution in [0.4, 0.5) is 9.18 Å². The minimum atomic E-state index is -0.401. The Balaban J connectivity index is 2.19. The Kier molecular flexibility index (Phi) is 2.60.